The molecule has 2 aromatic heterocycles. The summed E-state index contributed by atoms with van der Waals surface area (Å²) in [6, 6.07) is 0. The summed E-state index contributed by atoms with van der Waals surface area (Å²) in [5.41, 5.74) is 1.04. The average molecular weight is 273 g/mol. The Morgan fingerprint density at radius 3 is 3.00 bits per heavy atom. The first-order chi connectivity index (χ1) is 8.70. The van der Waals surface area contributed by atoms with Crippen LogP contribution in [0.5, 0.6) is 0 Å². The van der Waals surface area contributed by atoms with Crippen molar-refractivity contribution in [3.05, 3.63) is 17.8 Å². The number of halogens is 1. The van der Waals surface area contributed by atoms with Crippen LogP contribution in [0.25, 0.3) is 11.2 Å². The average Bonchev–Trinajstić information content (AvgIpc) is 2.93. The van der Waals surface area contributed by atoms with Crippen LogP contribution in [0.2, 0.25) is 5.15 Å². The zero-order chi connectivity index (χ0) is 12.7. The number of nitrogens with zero attached hydrogens (tertiary/aromatic N) is 4. The van der Waals surface area contributed by atoms with Gasteiger partial charge in [0, 0.05) is 6.42 Å². The Labute approximate surface area is 107 Å². The molecular weight excluding hydrogens is 262 g/mol. The molecule has 7 nitrogen and oxygen atoms in total. The first-order valence-corrected chi connectivity index (χ1v) is 5.86. The van der Waals surface area contributed by atoms with Gasteiger partial charge in [-0.1, -0.05) is 11.6 Å². The van der Waals surface area contributed by atoms with E-state index in [1.807, 2.05) is 0 Å². The zero-order valence-corrected chi connectivity index (χ0v) is 10.0. The van der Waals surface area contributed by atoms with Crippen LogP contribution in [-0.2, 0) is 4.74 Å². The van der Waals surface area contributed by atoms with Gasteiger partial charge in [0.25, 0.3) is 0 Å². The minimum Gasteiger partial charge on any atom is -0.394 e. The van der Waals surface area contributed by atoms with Crippen molar-refractivity contribution >= 4 is 22.8 Å². The van der Waals surface area contributed by atoms with Gasteiger partial charge in [-0.3, -0.25) is 4.57 Å². The highest BCUT2D eigenvalue weighted by molar-refractivity contribution is 6.33. The smallest absolute Gasteiger partial charge is 0.166 e. The Morgan fingerprint density at radius 1 is 1.44 bits per heavy atom. The first kappa shape index (κ1) is 11.8. The molecule has 0 aliphatic carbocycles. The first-order valence-electron chi connectivity index (χ1n) is 5.48. The van der Waals surface area contributed by atoms with Gasteiger partial charge in [0.05, 0.1) is 19.0 Å². The van der Waals surface area contributed by atoms with Gasteiger partial charge < -0.3 is 14.9 Å². The summed E-state index contributed by atoms with van der Waals surface area (Å²) < 4.78 is 7.22. The maximum Gasteiger partial charge on any atom is 0.166 e. The van der Waals surface area contributed by atoms with Gasteiger partial charge in [0.15, 0.2) is 10.8 Å². The van der Waals surface area contributed by atoms with Gasteiger partial charge in [-0.25, -0.2) is 15.0 Å². The predicted octanol–water partition coefficient (Wildman–Crippen LogP) is 0.120. The molecule has 0 bridgehead atoms. The molecule has 8 heteroatoms. The number of fused-ring (bicyclic) bond motifs is 1. The van der Waals surface area contributed by atoms with Crippen LogP contribution < -0.4 is 0 Å². The van der Waals surface area contributed by atoms with Gasteiger partial charge in [0.1, 0.15) is 24.2 Å². The number of ether oxygens (including phenoxy) is 1. The second-order valence-electron chi connectivity index (χ2n) is 4.10. The number of aromatic nitrogens is 4. The van der Waals surface area contributed by atoms with Crippen LogP contribution in [0, 0.1) is 0 Å². The van der Waals surface area contributed by atoms with Gasteiger partial charge in [-0.2, -0.15) is 0 Å². The van der Waals surface area contributed by atoms with Gasteiger partial charge >= 0.3 is 0 Å². The highest BCUT2D eigenvalue weighted by atomic mass is 35.5. The van der Waals surface area contributed by atoms with Crippen LogP contribution in [-0.4, -0.2) is 48.5 Å². The Hall–Kier alpha value is -1.28. The summed E-state index contributed by atoms with van der Waals surface area (Å²) >= 11 is 5.90. The van der Waals surface area contributed by atoms with Gasteiger partial charge in [0.2, 0.25) is 0 Å². The van der Waals surface area contributed by atoms with Crippen molar-refractivity contribution in [1.29, 1.82) is 0 Å². The highest BCUT2D eigenvalue weighted by Crippen LogP contribution is 2.31. The van der Waals surface area contributed by atoms with E-state index < -0.39 is 18.4 Å². The standard InChI is InChI=1S/C10H11ClN4O3/c11-9-8-10(13-3-12-9)15(4-14-8)7-1-5(17)6(2-16)18-7/h3-7,16-17H,1-2H2/t5-,6+,7+/m0/s1/i4+1,14+1. The van der Waals surface area contributed by atoms with Crippen molar-refractivity contribution < 1.29 is 14.9 Å². The number of rotatable bonds is 2. The summed E-state index contributed by atoms with van der Waals surface area (Å²) in [6.45, 7) is -0.222. The predicted molar refractivity (Wildman–Crippen MR) is 62.0 cm³/mol. The lowest BCUT2D eigenvalue weighted by molar-refractivity contribution is -0.0432. The lowest BCUT2D eigenvalue weighted by atomic mass is 10.2. The van der Waals surface area contributed by atoms with Crippen LogP contribution in [0.4, 0.5) is 0 Å². The fraction of sp³-hybridized carbons (Fsp3) is 0.500. The van der Waals surface area contributed by atoms with Gasteiger partial charge in [-0.15, -0.1) is 0 Å². The molecule has 1 fully saturated rings. The van der Waals surface area contributed by atoms with E-state index in [9.17, 15) is 5.11 Å². The van der Waals surface area contributed by atoms with Crippen LogP contribution in [0.15, 0.2) is 12.7 Å². The lowest BCUT2D eigenvalue weighted by Gasteiger charge is -2.13. The molecule has 0 radical (unpaired) electrons. The fourth-order valence-electron chi connectivity index (χ4n) is 2.08. The summed E-state index contributed by atoms with van der Waals surface area (Å²) in [6.07, 6.45) is 1.57. The molecule has 3 rings (SSSR count). The number of aliphatic hydroxyl groups is 2. The lowest BCUT2D eigenvalue weighted by Crippen LogP contribution is -2.24. The monoisotopic (exact) mass is 272 g/mol. The maximum absolute atomic E-state index is 9.71. The molecular formula is C10H11ClN4O3. The fourth-order valence-corrected chi connectivity index (χ4v) is 2.26. The van der Waals surface area contributed by atoms with Crippen molar-refractivity contribution in [2.75, 3.05) is 6.61 Å². The molecule has 3 heterocycles. The normalized spacial score (nSPS) is 28.1. The maximum atomic E-state index is 9.71. The Morgan fingerprint density at radius 2 is 2.28 bits per heavy atom. The minimum absolute atomic E-state index is 0.222. The quantitative estimate of drug-likeness (QED) is 0.755. The minimum atomic E-state index is -0.699. The molecule has 3 atom stereocenters. The van der Waals surface area contributed by atoms with E-state index >= 15 is 0 Å². The Bertz CT molecular complexity index is 575. The van der Waals surface area contributed by atoms with Crippen LogP contribution in [0.1, 0.15) is 12.6 Å². The molecule has 0 unspecified atom stereocenters. The van der Waals surface area contributed by atoms with Gasteiger partial charge in [-0.05, 0) is 0 Å². The Balaban J connectivity index is 1.99. The molecule has 0 spiro atoms. The number of hydrogen-bond donors (Lipinski definition) is 2. The SMILES string of the molecule is OC[C@H]1O[C@@H](n2[13cH][15n]c3c(Cl)ncnc32)C[C@@H]1O. The molecule has 1 aliphatic rings. The van der Waals surface area contributed by atoms with E-state index in [0.29, 0.717) is 17.6 Å². The summed E-state index contributed by atoms with van der Waals surface area (Å²) in [5, 5.41) is 19.0. The van der Waals surface area contributed by atoms with Crippen LogP contribution in [0.3, 0.4) is 0 Å². The Kier molecular flexibility index (Phi) is 2.90. The third-order valence-corrected chi connectivity index (χ3v) is 3.29. The van der Waals surface area contributed by atoms with Crippen molar-refractivity contribution in [3.8, 4) is 0 Å². The molecule has 18 heavy (non-hydrogen) atoms. The topological polar surface area (TPSA) is 93.3 Å². The molecule has 0 aromatic carbocycles. The molecule has 96 valence electrons. The van der Waals surface area contributed by atoms with Crippen molar-refractivity contribution in [2.24, 2.45) is 0 Å². The number of aliphatic hydroxyl groups excluding tert-OH is 2. The summed E-state index contributed by atoms with van der Waals surface area (Å²) in [7, 11) is 0. The second kappa shape index (κ2) is 4.43. The third-order valence-electron chi connectivity index (χ3n) is 3.01. The van der Waals surface area contributed by atoms with E-state index in [1.54, 1.807) is 10.9 Å². The molecule has 2 aromatic rings. The van der Waals surface area contributed by atoms with E-state index in [0.717, 1.165) is 0 Å². The zero-order valence-electron chi connectivity index (χ0n) is 9.27. The van der Waals surface area contributed by atoms with E-state index in [2.05, 4.69) is 15.0 Å². The van der Waals surface area contributed by atoms with E-state index in [4.69, 9.17) is 21.4 Å². The van der Waals surface area contributed by atoms with Crippen LogP contribution >= 0.6 is 11.6 Å². The highest BCUT2D eigenvalue weighted by Gasteiger charge is 2.35. The van der Waals surface area contributed by atoms with Crippen molar-refractivity contribution in [1.82, 2.24) is 19.5 Å². The molecule has 1 aliphatic heterocycles. The van der Waals surface area contributed by atoms with E-state index in [1.165, 1.54) is 6.33 Å². The van der Waals surface area contributed by atoms with Crippen molar-refractivity contribution in [3.63, 3.8) is 0 Å². The third kappa shape index (κ3) is 1.76. The number of imidazole rings is 1. The molecule has 2 N–H and O–H groups in total. The number of hydrogen-bond acceptors (Lipinski definition) is 6. The summed E-state index contributed by atoms with van der Waals surface area (Å²) in [5.74, 6) is 0. The van der Waals surface area contributed by atoms with Crippen molar-refractivity contribution in [2.45, 2.75) is 24.9 Å². The van der Waals surface area contributed by atoms with E-state index in [-0.39, 0.29) is 11.8 Å². The second-order valence-corrected chi connectivity index (χ2v) is 4.46. The summed E-state index contributed by atoms with van der Waals surface area (Å²) in [4.78, 5) is 12.1. The largest absolute Gasteiger partial charge is 0.394 e. The molecule has 0 amide bonds. The molecule has 1 saturated heterocycles. The molecule has 0 saturated carbocycles.